The molecule has 3 rings (SSSR count). The van der Waals surface area contributed by atoms with Gasteiger partial charge in [0.05, 0.1) is 5.52 Å². The van der Waals surface area contributed by atoms with Crippen molar-refractivity contribution in [2.45, 2.75) is 12.8 Å². The van der Waals surface area contributed by atoms with Gasteiger partial charge in [0.15, 0.2) is 0 Å². The van der Waals surface area contributed by atoms with Gasteiger partial charge in [-0.3, -0.25) is 9.59 Å². The number of fused-ring (bicyclic) bond motifs is 1. The molecule has 5 nitrogen and oxygen atoms in total. The Balaban J connectivity index is 1.65. The average molecular weight is 337 g/mol. The third kappa shape index (κ3) is 4.17. The number of benzene rings is 2. The molecule has 6 heteroatoms. The van der Waals surface area contributed by atoms with Crippen LogP contribution in [0.4, 0.5) is 10.1 Å². The monoisotopic (exact) mass is 337 g/mol. The van der Waals surface area contributed by atoms with Crippen LogP contribution in [0.5, 0.6) is 0 Å². The van der Waals surface area contributed by atoms with E-state index < -0.39 is 5.91 Å². The van der Waals surface area contributed by atoms with Crippen molar-refractivity contribution in [3.8, 4) is 0 Å². The molecule has 3 aromatic rings. The number of hydrogen-bond acceptors (Lipinski definition) is 3. The van der Waals surface area contributed by atoms with Gasteiger partial charge in [-0.2, -0.15) is 0 Å². The van der Waals surface area contributed by atoms with Gasteiger partial charge in [-0.25, -0.2) is 9.37 Å². The number of rotatable bonds is 5. The fourth-order valence-corrected chi connectivity index (χ4v) is 2.47. The first kappa shape index (κ1) is 16.6. The van der Waals surface area contributed by atoms with Gasteiger partial charge < -0.3 is 11.1 Å². The number of anilines is 1. The zero-order valence-corrected chi connectivity index (χ0v) is 13.3. The predicted octanol–water partition coefficient (Wildman–Crippen LogP) is 3.04. The van der Waals surface area contributed by atoms with E-state index in [4.69, 9.17) is 5.73 Å². The first-order chi connectivity index (χ1) is 12.0. The number of pyridine rings is 1. The second kappa shape index (κ2) is 7.09. The number of nitrogens with one attached hydrogen (secondary N) is 1. The maximum absolute atomic E-state index is 12.9. The second-order valence-corrected chi connectivity index (χ2v) is 5.64. The normalized spacial score (nSPS) is 10.6. The number of amides is 2. The Labute approximate surface area is 143 Å². The van der Waals surface area contributed by atoms with E-state index in [9.17, 15) is 14.0 Å². The Morgan fingerprint density at radius 1 is 1.04 bits per heavy atom. The highest BCUT2D eigenvalue weighted by Crippen LogP contribution is 2.18. The second-order valence-electron chi connectivity index (χ2n) is 5.64. The summed E-state index contributed by atoms with van der Waals surface area (Å²) in [5.74, 6) is -1.01. The number of aryl methyl sites for hydroxylation is 1. The van der Waals surface area contributed by atoms with Crippen LogP contribution >= 0.6 is 0 Å². The summed E-state index contributed by atoms with van der Waals surface area (Å²) in [6.07, 6.45) is 0.825. The van der Waals surface area contributed by atoms with Crippen molar-refractivity contribution < 1.29 is 14.0 Å². The quantitative estimate of drug-likeness (QED) is 0.750. The van der Waals surface area contributed by atoms with E-state index in [0.717, 1.165) is 10.9 Å². The summed E-state index contributed by atoms with van der Waals surface area (Å²) >= 11 is 0. The van der Waals surface area contributed by atoms with Gasteiger partial charge in [0.2, 0.25) is 5.91 Å². The Hall–Kier alpha value is -3.28. The van der Waals surface area contributed by atoms with Gasteiger partial charge in [0.25, 0.3) is 5.91 Å². The van der Waals surface area contributed by atoms with Crippen LogP contribution in [0.15, 0.2) is 54.6 Å². The van der Waals surface area contributed by atoms with Crippen molar-refractivity contribution in [3.63, 3.8) is 0 Å². The van der Waals surface area contributed by atoms with E-state index in [1.54, 1.807) is 42.5 Å². The molecular weight excluding hydrogens is 321 g/mol. The lowest BCUT2D eigenvalue weighted by molar-refractivity contribution is -0.116. The molecule has 0 atom stereocenters. The molecule has 1 aromatic heterocycles. The number of nitrogens with zero attached hydrogens (tertiary/aromatic N) is 1. The van der Waals surface area contributed by atoms with Crippen molar-refractivity contribution in [1.82, 2.24) is 4.98 Å². The van der Waals surface area contributed by atoms with Gasteiger partial charge in [-0.05, 0) is 48.4 Å². The number of hydrogen-bond donors (Lipinski definition) is 2. The van der Waals surface area contributed by atoms with Crippen LogP contribution < -0.4 is 11.1 Å². The Bertz CT molecular complexity index is 939. The molecule has 0 spiro atoms. The maximum atomic E-state index is 12.9. The highest BCUT2D eigenvalue weighted by molar-refractivity contribution is 5.96. The average Bonchev–Trinajstić information content (AvgIpc) is 2.60. The van der Waals surface area contributed by atoms with Gasteiger partial charge >= 0.3 is 0 Å². The molecule has 126 valence electrons. The van der Waals surface area contributed by atoms with E-state index in [0.29, 0.717) is 24.0 Å². The van der Waals surface area contributed by atoms with Crippen LogP contribution in [-0.2, 0) is 11.2 Å². The molecule has 1 heterocycles. The molecule has 0 aliphatic rings. The lowest BCUT2D eigenvalue weighted by atomic mass is 10.1. The number of primary amides is 1. The Morgan fingerprint density at radius 2 is 1.80 bits per heavy atom. The fraction of sp³-hybridized carbons (Fsp3) is 0.105. The largest absolute Gasteiger partial charge is 0.364 e. The van der Waals surface area contributed by atoms with Crippen molar-refractivity contribution in [2.24, 2.45) is 5.73 Å². The van der Waals surface area contributed by atoms with Gasteiger partial charge in [-0.15, -0.1) is 0 Å². The lowest BCUT2D eigenvalue weighted by Gasteiger charge is -2.07. The van der Waals surface area contributed by atoms with Gasteiger partial charge in [0.1, 0.15) is 11.5 Å². The van der Waals surface area contributed by atoms with E-state index in [1.165, 1.54) is 12.1 Å². The van der Waals surface area contributed by atoms with Gasteiger partial charge in [0, 0.05) is 17.5 Å². The topological polar surface area (TPSA) is 85.1 Å². The first-order valence-corrected chi connectivity index (χ1v) is 7.76. The SMILES string of the molecule is NC(=O)c1ccc2cc(NC(=O)CCc3ccc(F)cc3)ccc2n1. The van der Waals surface area contributed by atoms with Crippen LogP contribution in [0.1, 0.15) is 22.5 Å². The third-order valence-electron chi connectivity index (χ3n) is 3.78. The Kier molecular flexibility index (Phi) is 4.70. The van der Waals surface area contributed by atoms with Crippen LogP contribution in [0.25, 0.3) is 10.9 Å². The smallest absolute Gasteiger partial charge is 0.267 e. The summed E-state index contributed by atoms with van der Waals surface area (Å²) < 4.78 is 12.9. The number of halogens is 1. The molecule has 0 aliphatic carbocycles. The van der Waals surface area contributed by atoms with Crippen LogP contribution in [0.2, 0.25) is 0 Å². The number of aromatic nitrogens is 1. The molecule has 0 radical (unpaired) electrons. The minimum absolute atomic E-state index is 0.134. The molecule has 0 unspecified atom stereocenters. The molecule has 3 N–H and O–H groups in total. The minimum atomic E-state index is -0.583. The van der Waals surface area contributed by atoms with E-state index in [2.05, 4.69) is 10.3 Å². The zero-order chi connectivity index (χ0) is 17.8. The van der Waals surface area contributed by atoms with Crippen LogP contribution in [0, 0.1) is 5.82 Å². The summed E-state index contributed by atoms with van der Waals surface area (Å²) in [4.78, 5) is 27.4. The number of nitrogens with two attached hydrogens (primary N) is 1. The highest BCUT2D eigenvalue weighted by atomic mass is 19.1. The molecule has 25 heavy (non-hydrogen) atoms. The van der Waals surface area contributed by atoms with Crippen molar-refractivity contribution >= 4 is 28.4 Å². The van der Waals surface area contributed by atoms with E-state index in [1.807, 2.05) is 0 Å². The van der Waals surface area contributed by atoms with Crippen LogP contribution in [0.3, 0.4) is 0 Å². The maximum Gasteiger partial charge on any atom is 0.267 e. The van der Waals surface area contributed by atoms with E-state index in [-0.39, 0.29) is 17.4 Å². The highest BCUT2D eigenvalue weighted by Gasteiger charge is 2.07. The van der Waals surface area contributed by atoms with Gasteiger partial charge in [-0.1, -0.05) is 18.2 Å². The molecule has 0 fully saturated rings. The Morgan fingerprint density at radius 3 is 2.52 bits per heavy atom. The molecule has 0 bridgehead atoms. The third-order valence-corrected chi connectivity index (χ3v) is 3.78. The molecular formula is C19H16FN3O2. The van der Waals surface area contributed by atoms with Crippen LogP contribution in [-0.4, -0.2) is 16.8 Å². The summed E-state index contributed by atoms with van der Waals surface area (Å²) in [6.45, 7) is 0. The summed E-state index contributed by atoms with van der Waals surface area (Å²) in [7, 11) is 0. The summed E-state index contributed by atoms with van der Waals surface area (Å²) in [5.41, 5.74) is 7.58. The van der Waals surface area contributed by atoms with Crippen molar-refractivity contribution in [1.29, 1.82) is 0 Å². The standard InChI is InChI=1S/C19H16FN3O2/c20-14-5-1-12(2-6-14)3-10-18(24)22-15-7-9-16-13(11-15)4-8-17(23-16)19(21)25/h1-2,4-9,11H,3,10H2,(H2,21,25)(H,22,24). The minimum Gasteiger partial charge on any atom is -0.364 e. The molecule has 2 aromatic carbocycles. The number of carbonyl (C=O) groups is 2. The molecule has 0 saturated heterocycles. The fourth-order valence-electron chi connectivity index (χ4n) is 2.47. The zero-order valence-electron chi connectivity index (χ0n) is 13.3. The molecule has 2 amide bonds. The lowest BCUT2D eigenvalue weighted by Crippen LogP contribution is -2.13. The molecule has 0 aliphatic heterocycles. The van der Waals surface area contributed by atoms with Crippen molar-refractivity contribution in [3.05, 3.63) is 71.7 Å². The summed E-state index contributed by atoms with van der Waals surface area (Å²) in [6, 6.07) is 14.6. The first-order valence-electron chi connectivity index (χ1n) is 7.76. The molecule has 0 saturated carbocycles. The predicted molar refractivity (Wildman–Crippen MR) is 93.6 cm³/mol. The van der Waals surface area contributed by atoms with Crippen molar-refractivity contribution in [2.75, 3.05) is 5.32 Å². The number of carbonyl (C=O) groups excluding carboxylic acids is 2. The summed E-state index contributed by atoms with van der Waals surface area (Å²) in [5, 5.41) is 3.61. The van der Waals surface area contributed by atoms with E-state index >= 15 is 0 Å².